The Hall–Kier alpha value is -4.22. The van der Waals surface area contributed by atoms with E-state index in [1.807, 2.05) is 52.8 Å². The molecule has 0 saturated carbocycles. The maximum absolute atomic E-state index is 9.29. The van der Waals surface area contributed by atoms with Crippen LogP contribution in [0.5, 0.6) is 6.01 Å². The summed E-state index contributed by atoms with van der Waals surface area (Å²) in [5, 5.41) is 14.7. The Labute approximate surface area is 209 Å². The summed E-state index contributed by atoms with van der Waals surface area (Å²) in [5.74, 6) is 0.468. The van der Waals surface area contributed by atoms with Gasteiger partial charge < -0.3 is 9.64 Å². The van der Waals surface area contributed by atoms with Crippen molar-refractivity contribution < 1.29 is 4.74 Å². The molecule has 0 N–H and O–H groups in total. The van der Waals surface area contributed by atoms with Gasteiger partial charge in [-0.25, -0.2) is 4.98 Å². The van der Waals surface area contributed by atoms with Crippen molar-refractivity contribution in [3.05, 3.63) is 66.6 Å². The molecule has 0 aliphatic carbocycles. The third-order valence-electron chi connectivity index (χ3n) is 7.01. The highest BCUT2D eigenvalue weighted by Crippen LogP contribution is 2.37. The number of nitrogens with zero attached hydrogens (tertiary/aromatic N) is 7. The fourth-order valence-electron chi connectivity index (χ4n) is 5.15. The van der Waals surface area contributed by atoms with Gasteiger partial charge in [0.15, 0.2) is 5.65 Å². The van der Waals surface area contributed by atoms with Crippen molar-refractivity contribution in [3.8, 4) is 34.5 Å². The molecule has 0 amide bonds. The van der Waals surface area contributed by atoms with E-state index in [4.69, 9.17) is 14.7 Å². The van der Waals surface area contributed by atoms with Crippen molar-refractivity contribution in [1.82, 2.24) is 29.0 Å². The molecule has 0 spiro atoms. The normalized spacial score (nSPS) is 16.4. The number of rotatable bonds is 5. The van der Waals surface area contributed by atoms with Crippen LogP contribution < -0.4 is 4.74 Å². The number of aryl methyl sites for hydroxylation is 1. The van der Waals surface area contributed by atoms with Crippen molar-refractivity contribution in [1.29, 1.82) is 5.26 Å². The number of ether oxygens (including phenoxy) is 1. The van der Waals surface area contributed by atoms with Gasteiger partial charge in [-0.2, -0.15) is 15.3 Å². The number of benzene rings is 2. The van der Waals surface area contributed by atoms with Crippen molar-refractivity contribution in [2.24, 2.45) is 13.0 Å². The minimum absolute atomic E-state index is 0.468. The van der Waals surface area contributed by atoms with Crippen LogP contribution in [0.25, 0.3) is 38.9 Å². The summed E-state index contributed by atoms with van der Waals surface area (Å²) in [6.45, 7) is 2.77. The lowest BCUT2D eigenvalue weighted by atomic mass is 9.98. The van der Waals surface area contributed by atoms with E-state index in [9.17, 15) is 5.26 Å². The molecular weight excluding hydrogens is 450 g/mol. The molecule has 180 valence electrons. The maximum atomic E-state index is 9.29. The van der Waals surface area contributed by atoms with Gasteiger partial charge in [0, 0.05) is 42.9 Å². The van der Waals surface area contributed by atoms with Gasteiger partial charge in [-0.15, -0.1) is 0 Å². The third kappa shape index (κ3) is 3.97. The van der Waals surface area contributed by atoms with Crippen molar-refractivity contribution in [2.75, 3.05) is 26.7 Å². The van der Waals surface area contributed by atoms with Gasteiger partial charge in [0.25, 0.3) is 0 Å². The Kier molecular flexibility index (Phi) is 5.62. The zero-order chi connectivity index (χ0) is 24.6. The van der Waals surface area contributed by atoms with Crippen molar-refractivity contribution >= 4 is 16.6 Å². The Morgan fingerprint density at radius 3 is 2.75 bits per heavy atom. The van der Waals surface area contributed by atoms with Gasteiger partial charge in [0.2, 0.25) is 0 Å². The highest BCUT2D eigenvalue weighted by atomic mass is 16.5. The fraction of sp³-hybridized carbons (Fsp3) is 0.286. The molecule has 36 heavy (non-hydrogen) atoms. The van der Waals surface area contributed by atoms with E-state index >= 15 is 0 Å². The average Bonchev–Trinajstić information content (AvgIpc) is 3.54. The van der Waals surface area contributed by atoms with Crippen LogP contribution in [0.15, 0.2) is 61.1 Å². The smallest absolute Gasteiger partial charge is 0.302 e. The van der Waals surface area contributed by atoms with E-state index in [0.717, 1.165) is 58.4 Å². The standard InChI is InChI=1S/C28H27N7O/c1-33-12-3-4-20(17-33)18-36-28-32-26(21-7-5-19(15-29)6-8-21)25(27-30-11-13-35(27)28)22-9-10-24-23(14-22)16-31-34(24)2/h5-11,13-14,16,20H,3-4,12,17-18H2,1-2H3/t20-/m1/s1. The second kappa shape index (κ2) is 9.10. The molecule has 3 aromatic heterocycles. The van der Waals surface area contributed by atoms with E-state index in [2.05, 4.69) is 41.3 Å². The second-order valence-corrected chi connectivity index (χ2v) is 9.55. The lowest BCUT2D eigenvalue weighted by Gasteiger charge is -2.29. The Morgan fingerprint density at radius 2 is 1.94 bits per heavy atom. The number of hydrogen-bond donors (Lipinski definition) is 0. The zero-order valence-electron chi connectivity index (χ0n) is 20.4. The molecule has 1 saturated heterocycles. The molecule has 6 rings (SSSR count). The van der Waals surface area contributed by atoms with E-state index < -0.39 is 0 Å². The number of likely N-dealkylation sites (tertiary alicyclic amines) is 1. The molecule has 5 aromatic rings. The summed E-state index contributed by atoms with van der Waals surface area (Å²) in [7, 11) is 4.10. The average molecular weight is 478 g/mol. The van der Waals surface area contributed by atoms with Crippen LogP contribution >= 0.6 is 0 Å². The summed E-state index contributed by atoms with van der Waals surface area (Å²) >= 11 is 0. The van der Waals surface area contributed by atoms with Gasteiger partial charge in [0.05, 0.1) is 41.2 Å². The number of imidazole rings is 1. The van der Waals surface area contributed by atoms with Crippen molar-refractivity contribution in [2.45, 2.75) is 12.8 Å². The van der Waals surface area contributed by atoms with Crippen LogP contribution in [0, 0.1) is 17.2 Å². The summed E-state index contributed by atoms with van der Waals surface area (Å²) in [5.41, 5.74) is 6.04. The summed E-state index contributed by atoms with van der Waals surface area (Å²) in [4.78, 5) is 12.1. The molecule has 0 unspecified atom stereocenters. The molecule has 1 atom stereocenters. The van der Waals surface area contributed by atoms with Crippen LogP contribution in [0.1, 0.15) is 18.4 Å². The van der Waals surface area contributed by atoms with Crippen molar-refractivity contribution in [3.63, 3.8) is 0 Å². The topological polar surface area (TPSA) is 84.3 Å². The predicted molar refractivity (Wildman–Crippen MR) is 139 cm³/mol. The first kappa shape index (κ1) is 22.3. The van der Waals surface area contributed by atoms with Gasteiger partial charge in [-0.1, -0.05) is 18.2 Å². The van der Waals surface area contributed by atoms with E-state index in [1.165, 1.54) is 6.42 Å². The van der Waals surface area contributed by atoms with Crippen LogP contribution in [0.3, 0.4) is 0 Å². The Bertz CT molecular complexity index is 1590. The number of fused-ring (bicyclic) bond motifs is 2. The quantitative estimate of drug-likeness (QED) is 0.369. The second-order valence-electron chi connectivity index (χ2n) is 9.55. The molecule has 1 aliphatic rings. The molecule has 1 aliphatic heterocycles. The molecule has 8 nitrogen and oxygen atoms in total. The number of piperidine rings is 1. The molecular formula is C28H27N7O. The number of nitriles is 1. The first-order chi connectivity index (χ1) is 17.6. The number of hydrogen-bond acceptors (Lipinski definition) is 6. The Morgan fingerprint density at radius 1 is 1.11 bits per heavy atom. The Balaban J connectivity index is 1.49. The van der Waals surface area contributed by atoms with Crippen LogP contribution in [0.2, 0.25) is 0 Å². The minimum Gasteiger partial charge on any atom is -0.464 e. The zero-order valence-corrected chi connectivity index (χ0v) is 20.4. The van der Waals surface area contributed by atoms with Crippen LogP contribution in [0.4, 0.5) is 0 Å². The summed E-state index contributed by atoms with van der Waals surface area (Å²) < 4.78 is 10.2. The first-order valence-corrected chi connectivity index (χ1v) is 12.2. The maximum Gasteiger partial charge on any atom is 0.302 e. The minimum atomic E-state index is 0.468. The number of aromatic nitrogens is 5. The van der Waals surface area contributed by atoms with E-state index in [0.29, 0.717) is 24.1 Å². The summed E-state index contributed by atoms with van der Waals surface area (Å²) in [6.07, 6.45) is 7.90. The third-order valence-corrected chi connectivity index (χ3v) is 7.01. The monoisotopic (exact) mass is 477 g/mol. The highest BCUT2D eigenvalue weighted by Gasteiger charge is 2.22. The predicted octanol–water partition coefficient (Wildman–Crippen LogP) is 4.54. The lowest BCUT2D eigenvalue weighted by Crippen LogP contribution is -2.35. The van der Waals surface area contributed by atoms with E-state index in [1.54, 1.807) is 6.20 Å². The molecule has 8 heteroatoms. The SMILES string of the molecule is CN1CCC[C@@H](COc2nc(-c3ccc(C#N)cc3)c(-c3ccc4c(cnn4C)c3)c3nccn23)C1. The van der Waals surface area contributed by atoms with Gasteiger partial charge in [-0.05, 0) is 56.3 Å². The van der Waals surface area contributed by atoms with Gasteiger partial charge in [0.1, 0.15) is 0 Å². The molecule has 2 aromatic carbocycles. The van der Waals surface area contributed by atoms with Gasteiger partial charge >= 0.3 is 6.01 Å². The summed E-state index contributed by atoms with van der Waals surface area (Å²) in [6, 6.07) is 16.5. The van der Waals surface area contributed by atoms with Crippen LogP contribution in [-0.4, -0.2) is 55.8 Å². The van der Waals surface area contributed by atoms with Crippen LogP contribution in [-0.2, 0) is 7.05 Å². The molecule has 0 bridgehead atoms. The van der Waals surface area contributed by atoms with E-state index in [-0.39, 0.29) is 0 Å². The first-order valence-electron chi connectivity index (χ1n) is 12.2. The van der Waals surface area contributed by atoms with Gasteiger partial charge in [-0.3, -0.25) is 9.08 Å². The molecule has 4 heterocycles. The largest absolute Gasteiger partial charge is 0.464 e. The fourth-order valence-corrected chi connectivity index (χ4v) is 5.15. The molecule has 0 radical (unpaired) electrons. The molecule has 1 fully saturated rings. The lowest BCUT2D eigenvalue weighted by molar-refractivity contribution is 0.143. The highest BCUT2D eigenvalue weighted by molar-refractivity contribution is 5.94.